The minimum Gasteiger partial charge on any atom is -0.375 e. The average molecular weight is 221 g/mol. The fraction of sp³-hybridized carbons (Fsp3) is 0.100. The van der Waals surface area contributed by atoms with Gasteiger partial charge in [0.05, 0.1) is 0 Å². The predicted molar refractivity (Wildman–Crippen MR) is 63.8 cm³/mol. The fourth-order valence-electron chi connectivity index (χ4n) is 0.980. The van der Waals surface area contributed by atoms with E-state index in [4.69, 9.17) is 5.73 Å². The van der Waals surface area contributed by atoms with Crippen LogP contribution >= 0.6 is 12.2 Å². The second-order valence-electron chi connectivity index (χ2n) is 2.78. The van der Waals surface area contributed by atoms with E-state index < -0.39 is 0 Å². The quantitative estimate of drug-likeness (QED) is 0.345. The van der Waals surface area contributed by atoms with Gasteiger partial charge in [-0.25, -0.2) is 0 Å². The van der Waals surface area contributed by atoms with Crippen molar-refractivity contribution in [2.45, 2.75) is 6.42 Å². The van der Waals surface area contributed by atoms with Gasteiger partial charge < -0.3 is 5.73 Å². The third-order valence-corrected chi connectivity index (χ3v) is 1.73. The summed E-state index contributed by atoms with van der Waals surface area (Å²) in [5, 5.41) is 3.76. The molecule has 1 aromatic carbocycles. The second kappa shape index (κ2) is 5.87. The van der Waals surface area contributed by atoms with Gasteiger partial charge in [-0.15, -0.1) is 0 Å². The largest absolute Gasteiger partial charge is 0.375 e. The summed E-state index contributed by atoms with van der Waals surface area (Å²) in [5.41, 5.74) is 8.19. The van der Waals surface area contributed by atoms with Crippen LogP contribution in [0.15, 0.2) is 35.4 Å². The first kappa shape index (κ1) is 11.3. The molecule has 0 aliphatic carbocycles. The molecule has 5 heteroatoms. The Hall–Kier alpha value is -1.75. The first-order chi connectivity index (χ1) is 7.20. The summed E-state index contributed by atoms with van der Waals surface area (Å²) in [6.07, 6.45) is 1.66. The number of nitrogens with one attached hydrogen (secondary N) is 1. The van der Waals surface area contributed by atoms with Gasteiger partial charge in [0.2, 0.25) is 0 Å². The number of rotatable bonds is 4. The Morgan fingerprint density at radius 3 is 2.73 bits per heavy atom. The SMILES string of the molecule is NC(=S)N/N=C\CC(=O)c1ccccc1. The van der Waals surface area contributed by atoms with Gasteiger partial charge in [0.1, 0.15) is 0 Å². The molecule has 0 amide bonds. The molecule has 0 unspecified atom stereocenters. The van der Waals surface area contributed by atoms with Crippen LogP contribution in [0.5, 0.6) is 0 Å². The number of Topliss-reactive ketones (excluding diaryl/α,β-unsaturated/α-hetero) is 1. The van der Waals surface area contributed by atoms with Crippen molar-refractivity contribution in [1.29, 1.82) is 0 Å². The number of carbonyl (C=O) groups excluding carboxylic acids is 1. The van der Waals surface area contributed by atoms with Gasteiger partial charge in [0, 0.05) is 18.2 Å². The maximum atomic E-state index is 11.5. The lowest BCUT2D eigenvalue weighted by molar-refractivity contribution is 0.100. The maximum absolute atomic E-state index is 11.5. The first-order valence-electron chi connectivity index (χ1n) is 4.35. The molecule has 0 bridgehead atoms. The Labute approximate surface area is 93.2 Å². The zero-order chi connectivity index (χ0) is 11.1. The summed E-state index contributed by atoms with van der Waals surface area (Å²) < 4.78 is 0. The molecule has 0 radical (unpaired) electrons. The van der Waals surface area contributed by atoms with Gasteiger partial charge in [-0.1, -0.05) is 30.3 Å². The van der Waals surface area contributed by atoms with Crippen LogP contribution in [-0.2, 0) is 0 Å². The molecule has 0 atom stereocenters. The van der Waals surface area contributed by atoms with Crippen LogP contribution in [-0.4, -0.2) is 17.1 Å². The van der Waals surface area contributed by atoms with Crippen molar-refractivity contribution in [3.05, 3.63) is 35.9 Å². The van der Waals surface area contributed by atoms with Gasteiger partial charge in [0.15, 0.2) is 10.9 Å². The van der Waals surface area contributed by atoms with Gasteiger partial charge >= 0.3 is 0 Å². The number of hydrazone groups is 1. The van der Waals surface area contributed by atoms with Crippen LogP contribution in [0.3, 0.4) is 0 Å². The first-order valence-corrected chi connectivity index (χ1v) is 4.76. The van der Waals surface area contributed by atoms with E-state index in [0.29, 0.717) is 5.56 Å². The second-order valence-corrected chi connectivity index (χ2v) is 3.22. The average Bonchev–Trinajstić information content (AvgIpc) is 2.25. The smallest absolute Gasteiger partial charge is 0.184 e. The number of hydrogen-bond acceptors (Lipinski definition) is 3. The van der Waals surface area contributed by atoms with E-state index in [-0.39, 0.29) is 17.3 Å². The van der Waals surface area contributed by atoms with Crippen molar-refractivity contribution in [2.24, 2.45) is 10.8 Å². The number of benzene rings is 1. The summed E-state index contributed by atoms with van der Waals surface area (Å²) in [4.78, 5) is 11.5. The van der Waals surface area contributed by atoms with Gasteiger partial charge in [-0.05, 0) is 12.2 Å². The molecule has 15 heavy (non-hydrogen) atoms. The topological polar surface area (TPSA) is 67.5 Å². The fourth-order valence-corrected chi connectivity index (χ4v) is 1.03. The van der Waals surface area contributed by atoms with Gasteiger partial charge in [-0.2, -0.15) is 5.10 Å². The monoisotopic (exact) mass is 221 g/mol. The van der Waals surface area contributed by atoms with E-state index in [9.17, 15) is 4.79 Å². The molecule has 3 N–H and O–H groups in total. The van der Waals surface area contributed by atoms with Crippen molar-refractivity contribution in [1.82, 2.24) is 5.43 Å². The minimum atomic E-state index is 0.00379. The lowest BCUT2D eigenvalue weighted by Gasteiger charge is -1.96. The highest BCUT2D eigenvalue weighted by Crippen LogP contribution is 2.01. The summed E-state index contributed by atoms with van der Waals surface area (Å²) >= 11 is 4.54. The Morgan fingerprint density at radius 2 is 2.13 bits per heavy atom. The number of nitrogens with zero attached hydrogens (tertiary/aromatic N) is 1. The summed E-state index contributed by atoms with van der Waals surface area (Å²) in [7, 11) is 0. The number of hydrogen-bond donors (Lipinski definition) is 2. The Balaban J connectivity index is 2.44. The van der Waals surface area contributed by atoms with E-state index >= 15 is 0 Å². The molecule has 0 saturated carbocycles. The lowest BCUT2D eigenvalue weighted by atomic mass is 10.1. The van der Waals surface area contributed by atoms with Crippen LogP contribution in [0.4, 0.5) is 0 Å². The number of nitrogens with two attached hydrogens (primary N) is 1. The highest BCUT2D eigenvalue weighted by atomic mass is 32.1. The van der Waals surface area contributed by atoms with E-state index in [1.165, 1.54) is 6.21 Å². The number of thiocarbonyl (C=S) groups is 1. The Bertz CT molecular complexity index is 376. The van der Waals surface area contributed by atoms with Crippen LogP contribution in [0.2, 0.25) is 0 Å². The van der Waals surface area contributed by atoms with Crippen molar-refractivity contribution >= 4 is 29.3 Å². The zero-order valence-electron chi connectivity index (χ0n) is 8.01. The van der Waals surface area contributed by atoms with E-state index in [1.54, 1.807) is 12.1 Å². The Morgan fingerprint density at radius 1 is 1.47 bits per heavy atom. The highest BCUT2D eigenvalue weighted by molar-refractivity contribution is 7.80. The normalized spacial score (nSPS) is 10.1. The molecule has 0 aliphatic rings. The van der Waals surface area contributed by atoms with Crippen molar-refractivity contribution in [2.75, 3.05) is 0 Å². The third kappa shape index (κ3) is 4.33. The van der Waals surface area contributed by atoms with Crippen molar-refractivity contribution < 1.29 is 4.79 Å². The number of ketones is 1. The van der Waals surface area contributed by atoms with Crippen LogP contribution < -0.4 is 11.2 Å². The molecule has 0 spiro atoms. The van der Waals surface area contributed by atoms with Crippen molar-refractivity contribution in [3.63, 3.8) is 0 Å². The maximum Gasteiger partial charge on any atom is 0.184 e. The molecule has 1 rings (SSSR count). The minimum absolute atomic E-state index is 0.00379. The summed E-state index contributed by atoms with van der Waals surface area (Å²) in [5.74, 6) is 0.00379. The Kier molecular flexibility index (Phi) is 4.43. The molecule has 0 fully saturated rings. The van der Waals surface area contributed by atoms with E-state index in [1.807, 2.05) is 18.2 Å². The zero-order valence-corrected chi connectivity index (χ0v) is 8.83. The molecular weight excluding hydrogens is 210 g/mol. The molecule has 0 aliphatic heterocycles. The lowest BCUT2D eigenvalue weighted by Crippen LogP contribution is -2.24. The molecule has 4 nitrogen and oxygen atoms in total. The van der Waals surface area contributed by atoms with Crippen molar-refractivity contribution in [3.8, 4) is 0 Å². The molecule has 78 valence electrons. The summed E-state index contributed by atoms with van der Waals surface area (Å²) in [6, 6.07) is 9.02. The molecular formula is C10H11N3OS. The highest BCUT2D eigenvalue weighted by Gasteiger charge is 2.01. The molecule has 1 aromatic rings. The number of carbonyl (C=O) groups is 1. The van der Waals surface area contributed by atoms with E-state index in [2.05, 4.69) is 22.7 Å². The predicted octanol–water partition coefficient (Wildman–Crippen LogP) is 1.08. The van der Waals surface area contributed by atoms with Crippen LogP contribution in [0.25, 0.3) is 0 Å². The molecule has 0 saturated heterocycles. The van der Waals surface area contributed by atoms with Gasteiger partial charge in [0.25, 0.3) is 0 Å². The van der Waals surface area contributed by atoms with Crippen LogP contribution in [0.1, 0.15) is 16.8 Å². The molecule has 0 heterocycles. The van der Waals surface area contributed by atoms with E-state index in [0.717, 1.165) is 0 Å². The third-order valence-electron chi connectivity index (χ3n) is 1.64. The van der Waals surface area contributed by atoms with Crippen LogP contribution in [0, 0.1) is 0 Å². The summed E-state index contributed by atoms with van der Waals surface area (Å²) in [6.45, 7) is 0. The van der Waals surface area contributed by atoms with Gasteiger partial charge in [-0.3, -0.25) is 10.2 Å². The molecule has 0 aromatic heterocycles. The standard InChI is InChI=1S/C10H11N3OS/c11-10(15)13-12-7-6-9(14)8-4-2-1-3-5-8/h1-5,7H,6H2,(H3,11,13,15)/b12-7-.